The molecule has 1 spiro atoms. The number of carbonyl (C=O) groups excluding carboxylic acids is 1. The predicted octanol–water partition coefficient (Wildman–Crippen LogP) is 3.33. The third kappa shape index (κ3) is 3.39. The number of alkyl halides is 3. The first-order valence-electron chi connectivity index (χ1n) is 12.7. The van der Waals surface area contributed by atoms with Gasteiger partial charge >= 0.3 is 12.2 Å². The zero-order valence-electron chi connectivity index (χ0n) is 20.2. The molecule has 2 aliphatic heterocycles. The van der Waals surface area contributed by atoms with E-state index in [1.54, 1.807) is 6.20 Å². The van der Waals surface area contributed by atoms with Crippen molar-refractivity contribution in [2.75, 3.05) is 38.1 Å². The van der Waals surface area contributed by atoms with Crippen molar-refractivity contribution in [3.05, 3.63) is 30.2 Å². The van der Waals surface area contributed by atoms with E-state index in [4.69, 9.17) is 0 Å². The van der Waals surface area contributed by atoms with Crippen LogP contribution in [0.5, 0.6) is 0 Å². The maximum atomic E-state index is 13.4. The third-order valence-electron chi connectivity index (χ3n) is 8.97. The molecule has 9 nitrogen and oxygen atoms in total. The molecule has 4 heterocycles. The molecule has 2 amide bonds. The van der Waals surface area contributed by atoms with Gasteiger partial charge in [-0.05, 0) is 38.5 Å². The van der Waals surface area contributed by atoms with Crippen LogP contribution in [-0.2, 0) is 0 Å². The molecule has 192 valence electrons. The highest BCUT2D eigenvalue weighted by Crippen LogP contribution is 2.55. The summed E-state index contributed by atoms with van der Waals surface area (Å²) in [6.07, 6.45) is 5.18. The van der Waals surface area contributed by atoms with Gasteiger partial charge in [-0.25, -0.2) is 19.4 Å². The van der Waals surface area contributed by atoms with Crippen LogP contribution >= 0.6 is 0 Å². The molecule has 7 rings (SSSR count). The molecule has 5 aliphatic rings. The summed E-state index contributed by atoms with van der Waals surface area (Å²) in [4.78, 5) is 30.9. The fourth-order valence-electron chi connectivity index (χ4n) is 6.16. The number of halogens is 3. The van der Waals surface area contributed by atoms with Gasteiger partial charge in [-0.2, -0.15) is 18.3 Å². The largest absolute Gasteiger partial charge is 0.411 e. The minimum atomic E-state index is -4.29. The van der Waals surface area contributed by atoms with Crippen molar-refractivity contribution < 1.29 is 18.0 Å². The highest BCUT2D eigenvalue weighted by atomic mass is 19.4. The highest BCUT2D eigenvalue weighted by molar-refractivity contribution is 5.77. The van der Waals surface area contributed by atoms with Crippen molar-refractivity contribution in [2.45, 2.75) is 68.1 Å². The van der Waals surface area contributed by atoms with Crippen molar-refractivity contribution in [2.24, 2.45) is 5.41 Å². The van der Waals surface area contributed by atoms with Crippen LogP contribution in [0.25, 0.3) is 0 Å². The molecule has 0 bridgehead atoms. The van der Waals surface area contributed by atoms with Crippen LogP contribution in [0, 0.1) is 5.41 Å². The van der Waals surface area contributed by atoms with Crippen molar-refractivity contribution in [3.8, 4) is 0 Å². The molecule has 0 atom stereocenters. The lowest BCUT2D eigenvalue weighted by Crippen LogP contribution is -2.67. The first-order chi connectivity index (χ1) is 17.2. The van der Waals surface area contributed by atoms with Gasteiger partial charge < -0.3 is 14.7 Å². The van der Waals surface area contributed by atoms with Gasteiger partial charge in [0.15, 0.2) is 5.82 Å². The number of nitrogens with zero attached hydrogens (tertiary/aromatic N) is 8. The van der Waals surface area contributed by atoms with E-state index in [1.807, 2.05) is 20.8 Å². The number of likely N-dealkylation sites (tertiary alicyclic amines) is 2. The Hall–Kier alpha value is -2.92. The van der Waals surface area contributed by atoms with Crippen LogP contribution in [0.2, 0.25) is 0 Å². The standard InChI is InChI=1S/C24H29F3N8O/c1-32(23(4-5-23)24(25,26)27)19-9-28-18(8-29-19)16-10-33(11-16)21(36)34-12-22(13-34)6-17(7-22)35-14-30-20(31-35)15-2-3-15/h8-9,14-17H,2-7,10-13H2,1H3. The third-order valence-corrected chi connectivity index (χ3v) is 8.97. The maximum Gasteiger partial charge on any atom is 0.411 e. The molecular formula is C24H29F3N8O. The fourth-order valence-corrected chi connectivity index (χ4v) is 6.16. The number of aromatic nitrogens is 5. The van der Waals surface area contributed by atoms with Crippen LogP contribution in [0.3, 0.4) is 0 Å². The van der Waals surface area contributed by atoms with E-state index in [-0.39, 0.29) is 36.0 Å². The Kier molecular flexibility index (Phi) is 4.53. The average Bonchev–Trinajstić information content (AvgIpc) is 3.68. The van der Waals surface area contributed by atoms with Crippen molar-refractivity contribution in [1.82, 2.24) is 34.5 Å². The van der Waals surface area contributed by atoms with Crippen molar-refractivity contribution in [3.63, 3.8) is 0 Å². The predicted molar refractivity (Wildman–Crippen MR) is 122 cm³/mol. The van der Waals surface area contributed by atoms with Gasteiger partial charge in [-0.1, -0.05) is 0 Å². The normalized spacial score (nSPS) is 24.8. The van der Waals surface area contributed by atoms with Gasteiger partial charge in [0.25, 0.3) is 0 Å². The Morgan fingerprint density at radius 2 is 1.75 bits per heavy atom. The lowest BCUT2D eigenvalue weighted by Gasteiger charge is -2.59. The molecular weight excluding hydrogens is 473 g/mol. The van der Waals surface area contributed by atoms with Gasteiger partial charge in [0.2, 0.25) is 0 Å². The SMILES string of the molecule is CN(c1cnc(C2CN(C(=O)N3CC4(CC(n5cnc(C6CC6)n5)C4)C3)C2)cn1)C1(C(F)(F)F)CC1. The van der Waals surface area contributed by atoms with E-state index in [9.17, 15) is 18.0 Å². The summed E-state index contributed by atoms with van der Waals surface area (Å²) in [7, 11) is 1.43. The average molecular weight is 503 g/mol. The number of urea groups is 1. The summed E-state index contributed by atoms with van der Waals surface area (Å²) < 4.78 is 42.2. The monoisotopic (exact) mass is 502 g/mol. The number of rotatable bonds is 5. The summed E-state index contributed by atoms with van der Waals surface area (Å²) in [6, 6.07) is 0.449. The second-order valence-electron chi connectivity index (χ2n) is 11.5. The number of anilines is 1. The Morgan fingerprint density at radius 3 is 2.33 bits per heavy atom. The van der Waals surface area contributed by atoms with E-state index in [0.717, 1.165) is 31.8 Å². The minimum absolute atomic E-state index is 0.0577. The summed E-state index contributed by atoms with van der Waals surface area (Å²) in [5.41, 5.74) is -0.875. The lowest BCUT2D eigenvalue weighted by molar-refractivity contribution is -0.157. The highest BCUT2D eigenvalue weighted by Gasteiger charge is 2.66. The van der Waals surface area contributed by atoms with Gasteiger partial charge in [0, 0.05) is 50.5 Å². The molecule has 0 radical (unpaired) electrons. The van der Waals surface area contributed by atoms with Crippen molar-refractivity contribution in [1.29, 1.82) is 0 Å². The van der Waals surface area contributed by atoms with Crippen LogP contribution in [0.1, 0.15) is 67.9 Å². The molecule has 0 unspecified atom stereocenters. The first-order valence-corrected chi connectivity index (χ1v) is 12.7. The van der Waals surface area contributed by atoms with Gasteiger partial charge in [0.05, 0.1) is 24.1 Å². The van der Waals surface area contributed by atoms with E-state index < -0.39 is 11.7 Å². The molecule has 0 aromatic carbocycles. The van der Waals surface area contributed by atoms with Crippen LogP contribution < -0.4 is 4.90 Å². The summed E-state index contributed by atoms with van der Waals surface area (Å²) in [5, 5.41) is 4.65. The van der Waals surface area contributed by atoms with E-state index in [2.05, 4.69) is 20.1 Å². The van der Waals surface area contributed by atoms with E-state index in [1.165, 1.54) is 31.0 Å². The minimum Gasteiger partial charge on any atom is -0.344 e. The molecule has 2 saturated heterocycles. The Morgan fingerprint density at radius 1 is 1.03 bits per heavy atom. The van der Waals surface area contributed by atoms with E-state index >= 15 is 0 Å². The zero-order chi connectivity index (χ0) is 24.9. The van der Waals surface area contributed by atoms with Gasteiger partial charge in [-0.15, -0.1) is 0 Å². The molecule has 0 N–H and O–H groups in total. The molecule has 2 aromatic heterocycles. The molecule has 5 fully saturated rings. The lowest BCUT2D eigenvalue weighted by atomic mass is 9.61. The first kappa shape index (κ1) is 22.3. The number of amides is 2. The summed E-state index contributed by atoms with van der Waals surface area (Å²) in [5.74, 6) is 1.83. The quantitative estimate of drug-likeness (QED) is 0.624. The molecule has 3 aliphatic carbocycles. The second kappa shape index (κ2) is 7.32. The zero-order valence-corrected chi connectivity index (χ0v) is 20.2. The molecule has 2 aromatic rings. The smallest absolute Gasteiger partial charge is 0.344 e. The Balaban J connectivity index is 0.884. The van der Waals surface area contributed by atoms with Crippen molar-refractivity contribution >= 4 is 11.8 Å². The second-order valence-corrected chi connectivity index (χ2v) is 11.5. The number of hydrogen-bond acceptors (Lipinski definition) is 6. The van der Waals surface area contributed by atoms with Crippen LogP contribution in [-0.4, -0.2) is 85.5 Å². The van der Waals surface area contributed by atoms with Crippen LogP contribution in [0.15, 0.2) is 18.7 Å². The summed E-state index contributed by atoms with van der Waals surface area (Å²) >= 11 is 0. The Labute approximate surface area is 206 Å². The maximum absolute atomic E-state index is 13.4. The van der Waals surface area contributed by atoms with Gasteiger partial charge in [0.1, 0.15) is 17.7 Å². The molecule has 36 heavy (non-hydrogen) atoms. The topological polar surface area (TPSA) is 83.3 Å². The fraction of sp³-hybridized carbons (Fsp3) is 0.708. The number of hydrogen-bond donors (Lipinski definition) is 0. The van der Waals surface area contributed by atoms with Gasteiger partial charge in [-0.3, -0.25) is 4.98 Å². The molecule has 3 saturated carbocycles. The molecule has 12 heteroatoms. The van der Waals surface area contributed by atoms with E-state index in [0.29, 0.717) is 30.7 Å². The Bertz CT molecular complexity index is 1170. The number of carbonyl (C=O) groups is 1. The summed E-state index contributed by atoms with van der Waals surface area (Å²) in [6.45, 7) is 2.69. The van der Waals surface area contributed by atoms with Crippen LogP contribution in [0.4, 0.5) is 23.8 Å².